The van der Waals surface area contributed by atoms with Gasteiger partial charge in [-0.05, 0) is 29.8 Å². The number of benzene rings is 3. The van der Waals surface area contributed by atoms with E-state index in [0.29, 0.717) is 22.6 Å². The lowest BCUT2D eigenvalue weighted by atomic mass is 9.92. The first kappa shape index (κ1) is 23.6. The summed E-state index contributed by atoms with van der Waals surface area (Å²) >= 11 is 0. The van der Waals surface area contributed by atoms with Crippen LogP contribution in [0.2, 0.25) is 0 Å². The number of Topliss-reactive ketones (excluding diaryl/α,β-unsaturated/α-hetero) is 1. The summed E-state index contributed by atoms with van der Waals surface area (Å²) in [6.07, 6.45) is -3.87. The number of fused-ring (bicyclic) bond motifs is 2. The number of phenols is 3. The topological polar surface area (TPSA) is 144 Å². The van der Waals surface area contributed by atoms with Gasteiger partial charge in [-0.15, -0.1) is 0 Å². The van der Waals surface area contributed by atoms with Gasteiger partial charge in [0.1, 0.15) is 22.8 Å². The van der Waals surface area contributed by atoms with E-state index in [-0.39, 0.29) is 35.2 Å². The van der Waals surface area contributed by atoms with Crippen molar-refractivity contribution in [1.29, 1.82) is 0 Å². The highest BCUT2D eigenvalue weighted by atomic mass is 16.6. The average molecular weight is 496 g/mol. The second-order valence-corrected chi connectivity index (χ2v) is 8.47. The fraction of sp³-hybridized carbons (Fsp3) is 0.269. The molecule has 3 aromatic carbocycles. The number of ketones is 1. The molecule has 0 radical (unpaired) electrons. The Morgan fingerprint density at radius 3 is 2.28 bits per heavy atom. The summed E-state index contributed by atoms with van der Waals surface area (Å²) in [5.74, 6) is -0.526. The van der Waals surface area contributed by atoms with E-state index < -0.39 is 35.9 Å². The summed E-state index contributed by atoms with van der Waals surface area (Å²) in [7, 11) is 2.99. The number of phenolic OH excluding ortho intramolecular Hbond substituents is 3. The van der Waals surface area contributed by atoms with Crippen molar-refractivity contribution in [2.75, 3.05) is 20.8 Å². The highest BCUT2D eigenvalue weighted by Gasteiger charge is 2.40. The molecule has 0 amide bonds. The third-order valence-electron chi connectivity index (χ3n) is 6.15. The zero-order valence-electron chi connectivity index (χ0n) is 19.4. The minimum atomic E-state index is -1.60. The Balaban J connectivity index is 1.50. The van der Waals surface area contributed by atoms with Crippen molar-refractivity contribution in [2.45, 2.75) is 24.4 Å². The predicted molar refractivity (Wildman–Crippen MR) is 124 cm³/mol. The number of aliphatic hydroxyl groups excluding tert-OH is 1. The van der Waals surface area contributed by atoms with Gasteiger partial charge in [-0.25, -0.2) is 0 Å². The Labute approximate surface area is 205 Å². The van der Waals surface area contributed by atoms with Gasteiger partial charge < -0.3 is 44.1 Å². The first-order valence-electron chi connectivity index (χ1n) is 11.1. The van der Waals surface area contributed by atoms with Crippen LogP contribution in [0.15, 0.2) is 48.5 Å². The Bertz CT molecular complexity index is 1320. The number of aliphatic hydroxyl groups is 1. The number of hydrogen-bond donors (Lipinski definition) is 4. The Kier molecular flexibility index (Phi) is 5.99. The predicted octanol–water partition coefficient (Wildman–Crippen LogP) is 3.02. The fourth-order valence-electron chi connectivity index (χ4n) is 4.43. The van der Waals surface area contributed by atoms with Crippen LogP contribution in [-0.2, 0) is 4.74 Å². The van der Waals surface area contributed by atoms with Gasteiger partial charge in [0.15, 0.2) is 47.4 Å². The standard InChI is InChI=1S/C26H24O10/c1-32-11-21-25(12-3-5-15(28)18(7-12)33-2)35-19-8-13(4-6-17(19)34-21)26-24(31)23(30)22-16(29)9-14(27)10-20(22)36-26/h3-10,21,24-29,31H,11H2,1-2H3/t21-,24?,25?,26-/m0/s1. The van der Waals surface area contributed by atoms with E-state index in [1.54, 1.807) is 37.4 Å². The number of methoxy groups -OCH3 is 2. The molecule has 36 heavy (non-hydrogen) atoms. The zero-order valence-corrected chi connectivity index (χ0v) is 19.4. The van der Waals surface area contributed by atoms with Crippen LogP contribution in [0.1, 0.15) is 33.7 Å². The highest BCUT2D eigenvalue weighted by molar-refractivity contribution is 6.05. The van der Waals surface area contributed by atoms with Crippen LogP contribution in [0.5, 0.6) is 40.2 Å². The summed E-state index contributed by atoms with van der Waals surface area (Å²) in [6, 6.07) is 11.9. The fourth-order valence-corrected chi connectivity index (χ4v) is 4.43. The summed E-state index contributed by atoms with van der Waals surface area (Å²) < 4.78 is 28.8. The average Bonchev–Trinajstić information content (AvgIpc) is 2.85. The number of ether oxygens (including phenoxy) is 5. The molecule has 0 aliphatic carbocycles. The van der Waals surface area contributed by atoms with Crippen LogP contribution < -0.4 is 18.9 Å². The molecule has 2 heterocycles. The van der Waals surface area contributed by atoms with E-state index in [4.69, 9.17) is 23.7 Å². The molecule has 0 saturated heterocycles. The van der Waals surface area contributed by atoms with Gasteiger partial charge in [-0.3, -0.25) is 4.79 Å². The van der Waals surface area contributed by atoms with Crippen LogP contribution in [-0.4, -0.2) is 59.2 Å². The molecule has 0 fully saturated rings. The van der Waals surface area contributed by atoms with Crippen molar-refractivity contribution in [1.82, 2.24) is 0 Å². The molecule has 4 atom stereocenters. The molecule has 4 N–H and O–H groups in total. The normalized spacial score (nSPS) is 22.5. The van der Waals surface area contributed by atoms with Gasteiger partial charge in [-0.2, -0.15) is 0 Å². The number of carbonyl (C=O) groups is 1. The minimum Gasteiger partial charge on any atom is -0.508 e. The lowest BCUT2D eigenvalue weighted by Crippen LogP contribution is -2.37. The summed E-state index contributed by atoms with van der Waals surface area (Å²) in [5.41, 5.74) is 0.892. The van der Waals surface area contributed by atoms with Crippen molar-refractivity contribution in [3.63, 3.8) is 0 Å². The van der Waals surface area contributed by atoms with E-state index in [1.165, 1.54) is 19.2 Å². The molecule has 0 bridgehead atoms. The first-order chi connectivity index (χ1) is 17.3. The summed E-state index contributed by atoms with van der Waals surface area (Å²) in [5, 5.41) is 40.5. The molecule has 10 nitrogen and oxygen atoms in total. The van der Waals surface area contributed by atoms with Crippen molar-refractivity contribution in [3.05, 3.63) is 65.2 Å². The lowest BCUT2D eigenvalue weighted by Gasteiger charge is -2.35. The Hall–Kier alpha value is -4.15. The molecule has 2 aliphatic rings. The molecule has 10 heteroatoms. The molecule has 188 valence electrons. The minimum absolute atomic E-state index is 0.0191. The molecule has 0 aromatic heterocycles. The third kappa shape index (κ3) is 4.00. The second-order valence-electron chi connectivity index (χ2n) is 8.47. The maximum Gasteiger partial charge on any atom is 0.202 e. The van der Waals surface area contributed by atoms with Gasteiger partial charge in [0.25, 0.3) is 0 Å². The highest BCUT2D eigenvalue weighted by Crippen LogP contribution is 2.46. The molecule has 3 aromatic rings. The van der Waals surface area contributed by atoms with Crippen molar-refractivity contribution in [3.8, 4) is 40.2 Å². The second kappa shape index (κ2) is 9.14. The zero-order chi connectivity index (χ0) is 25.6. The van der Waals surface area contributed by atoms with Crippen molar-refractivity contribution in [2.24, 2.45) is 0 Å². The molecular formula is C26H24O10. The van der Waals surface area contributed by atoms with E-state index in [2.05, 4.69) is 0 Å². The van der Waals surface area contributed by atoms with Crippen LogP contribution >= 0.6 is 0 Å². The van der Waals surface area contributed by atoms with Gasteiger partial charge >= 0.3 is 0 Å². The summed E-state index contributed by atoms with van der Waals surface area (Å²) in [6.45, 7) is 0.220. The van der Waals surface area contributed by atoms with Gasteiger partial charge in [0.05, 0.1) is 13.7 Å². The van der Waals surface area contributed by atoms with Crippen LogP contribution in [0.25, 0.3) is 0 Å². The molecule has 2 unspecified atom stereocenters. The van der Waals surface area contributed by atoms with Crippen LogP contribution in [0.4, 0.5) is 0 Å². The quantitative estimate of drug-likeness (QED) is 0.416. The Morgan fingerprint density at radius 1 is 0.806 bits per heavy atom. The third-order valence-corrected chi connectivity index (χ3v) is 6.15. The SMILES string of the molecule is COC[C@@H]1Oc2ccc([C@@H]3Oc4cc(O)cc(O)c4C(=O)C3O)cc2OC1c1ccc(O)c(OC)c1. The van der Waals surface area contributed by atoms with E-state index in [9.17, 15) is 25.2 Å². The van der Waals surface area contributed by atoms with Crippen LogP contribution in [0.3, 0.4) is 0 Å². The number of carbonyl (C=O) groups excluding carboxylic acids is 1. The van der Waals surface area contributed by atoms with Gasteiger partial charge in [-0.1, -0.05) is 12.1 Å². The van der Waals surface area contributed by atoms with Gasteiger partial charge in [0, 0.05) is 24.8 Å². The number of rotatable bonds is 5. The number of hydrogen-bond acceptors (Lipinski definition) is 10. The monoisotopic (exact) mass is 496 g/mol. The van der Waals surface area contributed by atoms with E-state index in [1.807, 2.05) is 0 Å². The first-order valence-corrected chi connectivity index (χ1v) is 11.1. The van der Waals surface area contributed by atoms with Crippen molar-refractivity contribution < 1.29 is 48.9 Å². The summed E-state index contributed by atoms with van der Waals surface area (Å²) in [4.78, 5) is 12.8. The van der Waals surface area contributed by atoms with E-state index in [0.717, 1.165) is 6.07 Å². The van der Waals surface area contributed by atoms with Crippen LogP contribution in [0, 0.1) is 0 Å². The number of aromatic hydroxyl groups is 3. The lowest BCUT2D eigenvalue weighted by molar-refractivity contribution is -0.0244. The van der Waals surface area contributed by atoms with Crippen molar-refractivity contribution >= 4 is 5.78 Å². The molecular weight excluding hydrogens is 472 g/mol. The molecule has 0 spiro atoms. The molecule has 0 saturated carbocycles. The molecule has 2 aliphatic heterocycles. The molecule has 5 rings (SSSR count). The van der Waals surface area contributed by atoms with E-state index >= 15 is 0 Å². The maximum absolute atomic E-state index is 12.8. The Morgan fingerprint density at radius 2 is 1.53 bits per heavy atom. The maximum atomic E-state index is 12.8. The van der Waals surface area contributed by atoms with Gasteiger partial charge in [0.2, 0.25) is 5.78 Å². The largest absolute Gasteiger partial charge is 0.508 e. The smallest absolute Gasteiger partial charge is 0.202 e.